The Morgan fingerprint density at radius 1 is 1.59 bits per heavy atom. The van der Waals surface area contributed by atoms with Crippen LogP contribution in [0.3, 0.4) is 0 Å². The maximum Gasteiger partial charge on any atom is 0.242 e. The summed E-state index contributed by atoms with van der Waals surface area (Å²) in [4.78, 5) is 11.8. The molecule has 0 aromatic heterocycles. The third kappa shape index (κ3) is 3.43. The fourth-order valence-electron chi connectivity index (χ4n) is 1.54. The molecule has 0 aliphatic carbocycles. The molecule has 17 heavy (non-hydrogen) atoms. The molecule has 2 rings (SSSR count). The van der Waals surface area contributed by atoms with Crippen molar-refractivity contribution >= 4 is 39.3 Å². The Morgan fingerprint density at radius 3 is 3.06 bits per heavy atom. The molecular formula is C11H12BrFN2OS. The van der Waals surface area contributed by atoms with E-state index in [-0.39, 0.29) is 17.6 Å². The number of thioether (sulfide) groups is 1. The van der Waals surface area contributed by atoms with Gasteiger partial charge in [-0.1, -0.05) is 15.9 Å². The van der Waals surface area contributed by atoms with E-state index in [0.717, 1.165) is 18.1 Å². The highest BCUT2D eigenvalue weighted by Crippen LogP contribution is 2.20. The third-order valence-electron chi connectivity index (χ3n) is 2.43. The van der Waals surface area contributed by atoms with E-state index < -0.39 is 5.82 Å². The van der Waals surface area contributed by atoms with Gasteiger partial charge in [0.1, 0.15) is 5.82 Å². The maximum atomic E-state index is 13.5. The number of rotatable bonds is 2. The topological polar surface area (TPSA) is 41.1 Å². The zero-order chi connectivity index (χ0) is 12.3. The molecule has 6 heteroatoms. The van der Waals surface area contributed by atoms with Crippen molar-refractivity contribution in [1.82, 2.24) is 5.32 Å². The lowest BCUT2D eigenvalue weighted by Crippen LogP contribution is -2.46. The summed E-state index contributed by atoms with van der Waals surface area (Å²) in [5.74, 6) is 1.12. The normalized spacial score (nSPS) is 20.0. The van der Waals surface area contributed by atoms with E-state index >= 15 is 0 Å². The molecule has 1 aromatic carbocycles. The zero-order valence-electron chi connectivity index (χ0n) is 9.00. The van der Waals surface area contributed by atoms with Crippen LogP contribution in [0, 0.1) is 5.82 Å². The molecule has 1 heterocycles. The molecule has 0 bridgehead atoms. The minimum Gasteiger partial charge on any atom is -0.322 e. The molecule has 0 spiro atoms. The Morgan fingerprint density at radius 2 is 2.41 bits per heavy atom. The predicted molar refractivity (Wildman–Crippen MR) is 71.8 cm³/mol. The Labute approximate surface area is 112 Å². The van der Waals surface area contributed by atoms with Gasteiger partial charge >= 0.3 is 0 Å². The molecular weight excluding hydrogens is 307 g/mol. The molecule has 1 fully saturated rings. The molecule has 1 aromatic rings. The summed E-state index contributed by atoms with van der Waals surface area (Å²) in [6, 6.07) is 4.34. The van der Waals surface area contributed by atoms with E-state index in [0.29, 0.717) is 4.47 Å². The Kier molecular flexibility index (Phi) is 4.42. The molecule has 3 nitrogen and oxygen atoms in total. The van der Waals surface area contributed by atoms with Gasteiger partial charge in [0.05, 0.1) is 11.7 Å². The highest BCUT2D eigenvalue weighted by molar-refractivity contribution is 9.10. The van der Waals surface area contributed by atoms with Crippen LogP contribution < -0.4 is 10.6 Å². The van der Waals surface area contributed by atoms with Crippen LogP contribution in [-0.2, 0) is 4.79 Å². The van der Waals surface area contributed by atoms with Crippen LogP contribution in [0.5, 0.6) is 0 Å². The van der Waals surface area contributed by atoms with Crippen LogP contribution in [0.25, 0.3) is 0 Å². The molecule has 1 atom stereocenters. The molecule has 1 saturated heterocycles. The summed E-state index contributed by atoms with van der Waals surface area (Å²) < 4.78 is 14.2. The monoisotopic (exact) mass is 318 g/mol. The first-order valence-corrected chi connectivity index (χ1v) is 7.18. The number of anilines is 1. The van der Waals surface area contributed by atoms with E-state index in [1.807, 2.05) is 0 Å². The number of hydrogen-bond acceptors (Lipinski definition) is 3. The molecule has 1 aliphatic rings. The Balaban J connectivity index is 2.02. The van der Waals surface area contributed by atoms with Gasteiger partial charge in [-0.25, -0.2) is 4.39 Å². The maximum absolute atomic E-state index is 13.5. The summed E-state index contributed by atoms with van der Waals surface area (Å²) in [6.07, 6.45) is 0. The SMILES string of the molecule is O=C(Nc1ccc(Br)cc1F)C1CSCCN1. The minimum absolute atomic E-state index is 0.182. The highest BCUT2D eigenvalue weighted by Gasteiger charge is 2.21. The van der Waals surface area contributed by atoms with Gasteiger partial charge in [0.15, 0.2) is 0 Å². The molecule has 1 unspecified atom stereocenters. The van der Waals surface area contributed by atoms with E-state index in [1.165, 1.54) is 6.07 Å². The van der Waals surface area contributed by atoms with Crippen LogP contribution in [0.4, 0.5) is 10.1 Å². The smallest absolute Gasteiger partial charge is 0.242 e. The van der Waals surface area contributed by atoms with Crippen molar-refractivity contribution in [3.8, 4) is 0 Å². The lowest BCUT2D eigenvalue weighted by Gasteiger charge is -2.22. The number of hydrogen-bond donors (Lipinski definition) is 2. The Bertz CT molecular complexity index is 424. The van der Waals surface area contributed by atoms with Crippen molar-refractivity contribution in [3.05, 3.63) is 28.5 Å². The van der Waals surface area contributed by atoms with Crippen LogP contribution in [0.15, 0.2) is 22.7 Å². The van der Waals surface area contributed by atoms with Crippen LogP contribution >= 0.6 is 27.7 Å². The first kappa shape index (κ1) is 12.9. The predicted octanol–water partition coefficient (Wildman–Crippen LogP) is 2.23. The first-order valence-electron chi connectivity index (χ1n) is 5.24. The third-order valence-corrected chi connectivity index (χ3v) is 3.98. The molecule has 2 N–H and O–H groups in total. The average molecular weight is 319 g/mol. The first-order chi connectivity index (χ1) is 8.16. The second kappa shape index (κ2) is 5.84. The zero-order valence-corrected chi connectivity index (χ0v) is 11.4. The van der Waals surface area contributed by atoms with E-state index in [9.17, 15) is 9.18 Å². The van der Waals surface area contributed by atoms with Crippen molar-refractivity contribution < 1.29 is 9.18 Å². The van der Waals surface area contributed by atoms with Crippen LogP contribution in [-0.4, -0.2) is 30.0 Å². The van der Waals surface area contributed by atoms with Gasteiger partial charge in [-0.2, -0.15) is 11.8 Å². The van der Waals surface area contributed by atoms with Gasteiger partial charge in [-0.3, -0.25) is 4.79 Å². The number of nitrogens with one attached hydrogen (secondary N) is 2. The lowest BCUT2D eigenvalue weighted by molar-refractivity contribution is -0.117. The Hall–Kier alpha value is -0.590. The van der Waals surface area contributed by atoms with Gasteiger partial charge in [0.2, 0.25) is 5.91 Å². The van der Waals surface area contributed by atoms with E-state index in [2.05, 4.69) is 26.6 Å². The van der Waals surface area contributed by atoms with E-state index in [1.54, 1.807) is 23.9 Å². The second-order valence-corrected chi connectivity index (χ2v) is 5.76. The second-order valence-electron chi connectivity index (χ2n) is 3.70. The number of benzene rings is 1. The van der Waals surface area contributed by atoms with Gasteiger partial charge in [-0.15, -0.1) is 0 Å². The fraction of sp³-hybridized carbons (Fsp3) is 0.364. The van der Waals surface area contributed by atoms with Crippen molar-refractivity contribution in [1.29, 1.82) is 0 Å². The summed E-state index contributed by atoms with van der Waals surface area (Å²) in [5.41, 5.74) is 0.218. The molecule has 92 valence electrons. The van der Waals surface area contributed by atoms with Gasteiger partial charge in [0.25, 0.3) is 0 Å². The highest BCUT2D eigenvalue weighted by atomic mass is 79.9. The molecule has 1 amide bonds. The van der Waals surface area contributed by atoms with Gasteiger partial charge in [0, 0.05) is 22.5 Å². The van der Waals surface area contributed by atoms with Crippen molar-refractivity contribution in [2.75, 3.05) is 23.4 Å². The summed E-state index contributed by atoms with van der Waals surface area (Å²) in [6.45, 7) is 0.811. The summed E-state index contributed by atoms with van der Waals surface area (Å²) in [7, 11) is 0. The lowest BCUT2D eigenvalue weighted by atomic mass is 10.2. The van der Waals surface area contributed by atoms with Crippen molar-refractivity contribution in [2.24, 2.45) is 0 Å². The molecule has 1 aliphatic heterocycles. The van der Waals surface area contributed by atoms with Crippen molar-refractivity contribution in [2.45, 2.75) is 6.04 Å². The van der Waals surface area contributed by atoms with Crippen molar-refractivity contribution in [3.63, 3.8) is 0 Å². The van der Waals surface area contributed by atoms with Crippen LogP contribution in [0.2, 0.25) is 0 Å². The van der Waals surface area contributed by atoms with E-state index in [4.69, 9.17) is 0 Å². The van der Waals surface area contributed by atoms with Crippen LogP contribution in [0.1, 0.15) is 0 Å². The quantitative estimate of drug-likeness (QED) is 0.878. The number of carbonyl (C=O) groups excluding carboxylic acids is 1. The fourth-order valence-corrected chi connectivity index (χ4v) is 2.81. The number of halogens is 2. The molecule has 0 saturated carbocycles. The molecule has 0 radical (unpaired) electrons. The van der Waals surface area contributed by atoms with Gasteiger partial charge < -0.3 is 10.6 Å². The number of amides is 1. The largest absolute Gasteiger partial charge is 0.322 e. The average Bonchev–Trinajstić information content (AvgIpc) is 2.34. The standard InChI is InChI=1S/C11H12BrFN2OS/c12-7-1-2-9(8(13)5-7)15-11(16)10-6-17-4-3-14-10/h1-2,5,10,14H,3-4,6H2,(H,15,16). The summed E-state index contributed by atoms with van der Waals surface area (Å²) >= 11 is 4.89. The van der Waals surface area contributed by atoms with Gasteiger partial charge in [-0.05, 0) is 18.2 Å². The summed E-state index contributed by atoms with van der Waals surface area (Å²) in [5, 5.41) is 5.70. The minimum atomic E-state index is -0.434. The number of carbonyl (C=O) groups is 1.